The quantitative estimate of drug-likeness (QED) is 0.313. The molecule has 0 amide bonds. The molecule has 0 saturated heterocycles. The molecule has 1 aromatic heterocycles. The summed E-state index contributed by atoms with van der Waals surface area (Å²) in [6, 6.07) is -1.38. The molecule has 0 fully saturated rings. The van der Waals surface area contributed by atoms with Gasteiger partial charge in [-0.15, -0.1) is 5.10 Å². The molecule has 2 heterocycles. The lowest BCUT2D eigenvalue weighted by Gasteiger charge is -2.42. The average Bonchev–Trinajstić information content (AvgIpc) is 3.32. The van der Waals surface area contributed by atoms with Crippen LogP contribution >= 0.6 is 0 Å². The minimum atomic E-state index is -1.30. The highest BCUT2D eigenvalue weighted by atomic mass is 16.6. The number of nitrogens with one attached hydrogen (secondary N) is 1. The maximum absolute atomic E-state index is 12.4. The van der Waals surface area contributed by atoms with E-state index >= 15 is 0 Å². The number of methoxy groups -OCH3 is 1. The van der Waals surface area contributed by atoms with Gasteiger partial charge in [0.15, 0.2) is 18.3 Å². The molecule has 0 spiro atoms. The molecule has 0 unspecified atom stereocenters. The first-order chi connectivity index (χ1) is 16.5. The third kappa shape index (κ3) is 8.02. The Balaban J connectivity index is 2.60. The van der Waals surface area contributed by atoms with Crippen LogP contribution in [0.1, 0.15) is 40.7 Å². The van der Waals surface area contributed by atoms with Gasteiger partial charge in [0.05, 0.1) is 19.2 Å². The Kier molecular flexibility index (Phi) is 10.1. The highest BCUT2D eigenvalue weighted by Crippen LogP contribution is 2.32. The summed E-state index contributed by atoms with van der Waals surface area (Å²) in [5, 5.41) is 14.6. The van der Waals surface area contributed by atoms with E-state index in [0.29, 0.717) is 6.54 Å². The van der Waals surface area contributed by atoms with E-state index < -0.39 is 60.9 Å². The topological polar surface area (TPSA) is 170 Å². The summed E-state index contributed by atoms with van der Waals surface area (Å²) in [4.78, 5) is 47.9. The van der Waals surface area contributed by atoms with Crippen molar-refractivity contribution in [1.29, 1.82) is 0 Å². The second kappa shape index (κ2) is 12.8. The van der Waals surface area contributed by atoms with Crippen molar-refractivity contribution < 1.29 is 42.9 Å². The lowest BCUT2D eigenvalue weighted by molar-refractivity contribution is -0.188. The molecule has 2 rings (SSSR count). The first kappa shape index (κ1) is 27.7. The third-order valence-electron chi connectivity index (χ3n) is 4.89. The number of carbonyl (C=O) groups excluding carboxylic acids is 4. The minimum absolute atomic E-state index is 0.188. The van der Waals surface area contributed by atoms with Gasteiger partial charge in [-0.25, -0.2) is 9.48 Å². The lowest BCUT2D eigenvalue weighted by Crippen LogP contribution is -2.59. The van der Waals surface area contributed by atoms with Gasteiger partial charge in [-0.2, -0.15) is 0 Å². The van der Waals surface area contributed by atoms with Crippen LogP contribution in [0.2, 0.25) is 0 Å². The molecule has 14 nitrogen and oxygen atoms in total. The van der Waals surface area contributed by atoms with Gasteiger partial charge in [-0.1, -0.05) is 13.8 Å². The van der Waals surface area contributed by atoms with E-state index in [9.17, 15) is 19.2 Å². The van der Waals surface area contributed by atoms with E-state index in [1.807, 2.05) is 13.8 Å². The maximum atomic E-state index is 12.4. The molecule has 0 saturated carbocycles. The van der Waals surface area contributed by atoms with E-state index in [0.717, 1.165) is 6.92 Å². The minimum Gasteiger partial charge on any atom is -0.477 e. The van der Waals surface area contributed by atoms with Gasteiger partial charge < -0.3 is 29.0 Å². The molecule has 1 N–H and O–H groups in total. The number of hydrogen-bond donors (Lipinski definition) is 1. The predicted octanol–water partition coefficient (Wildman–Crippen LogP) is -0.289. The molecular weight excluding hydrogens is 466 g/mol. The van der Waals surface area contributed by atoms with Crippen molar-refractivity contribution in [3.05, 3.63) is 18.2 Å². The number of tetrazole rings is 1. The number of hydrogen-bond acceptors (Lipinski definition) is 13. The van der Waals surface area contributed by atoms with Crippen LogP contribution in [-0.2, 0) is 42.9 Å². The van der Waals surface area contributed by atoms with Crippen molar-refractivity contribution in [3.8, 4) is 0 Å². The molecule has 1 aliphatic rings. The summed E-state index contributed by atoms with van der Waals surface area (Å²) in [5.41, 5.74) is 0. The number of esters is 4. The Morgan fingerprint density at radius 2 is 1.80 bits per heavy atom. The van der Waals surface area contributed by atoms with Gasteiger partial charge in [0, 0.05) is 20.8 Å². The van der Waals surface area contributed by atoms with Gasteiger partial charge >= 0.3 is 23.9 Å². The Bertz CT molecular complexity index is 918. The van der Waals surface area contributed by atoms with Crippen LogP contribution in [0, 0.1) is 5.92 Å². The van der Waals surface area contributed by atoms with Crippen molar-refractivity contribution in [3.63, 3.8) is 0 Å². The van der Waals surface area contributed by atoms with E-state index in [1.165, 1.54) is 38.0 Å². The Morgan fingerprint density at radius 1 is 1.11 bits per heavy atom. The number of nitrogens with zero attached hydrogens (tertiary/aromatic N) is 4. The zero-order valence-corrected chi connectivity index (χ0v) is 20.5. The van der Waals surface area contributed by atoms with Crippen molar-refractivity contribution in [1.82, 2.24) is 25.5 Å². The molecule has 5 atom stereocenters. The Morgan fingerprint density at radius 3 is 2.31 bits per heavy atom. The fourth-order valence-electron chi connectivity index (χ4n) is 3.51. The Labute approximate surface area is 202 Å². The summed E-state index contributed by atoms with van der Waals surface area (Å²) >= 11 is 0. The van der Waals surface area contributed by atoms with Crippen LogP contribution in [0.4, 0.5) is 0 Å². The molecule has 1 aromatic rings. The van der Waals surface area contributed by atoms with Gasteiger partial charge in [0.25, 0.3) is 0 Å². The first-order valence-corrected chi connectivity index (χ1v) is 10.9. The number of ether oxygens (including phenoxy) is 5. The van der Waals surface area contributed by atoms with Crippen LogP contribution < -0.4 is 5.32 Å². The highest BCUT2D eigenvalue weighted by molar-refractivity contribution is 5.86. The molecule has 0 aromatic carbocycles. The van der Waals surface area contributed by atoms with Crippen molar-refractivity contribution >= 4 is 23.9 Å². The molecule has 194 valence electrons. The van der Waals surface area contributed by atoms with Gasteiger partial charge in [0.2, 0.25) is 5.76 Å². The summed E-state index contributed by atoms with van der Waals surface area (Å²) in [5.74, 6) is -2.83. The monoisotopic (exact) mass is 497 g/mol. The summed E-state index contributed by atoms with van der Waals surface area (Å²) < 4.78 is 28.2. The lowest BCUT2D eigenvalue weighted by atomic mass is 9.91. The smallest absolute Gasteiger partial charge is 0.373 e. The predicted molar refractivity (Wildman–Crippen MR) is 116 cm³/mol. The van der Waals surface area contributed by atoms with Crippen molar-refractivity contribution in [2.75, 3.05) is 20.3 Å². The summed E-state index contributed by atoms with van der Waals surface area (Å²) in [6.45, 7) is 7.56. The first-order valence-electron chi connectivity index (χ1n) is 10.9. The average molecular weight is 498 g/mol. The van der Waals surface area contributed by atoms with E-state index in [-0.39, 0.29) is 11.7 Å². The van der Waals surface area contributed by atoms with Crippen LogP contribution in [0.15, 0.2) is 18.2 Å². The molecule has 0 aliphatic carbocycles. The summed E-state index contributed by atoms with van der Waals surface area (Å²) in [7, 11) is 1.18. The fourth-order valence-corrected chi connectivity index (χ4v) is 3.51. The second-order valence-electron chi connectivity index (χ2n) is 8.24. The molecular formula is C21H31N5O9. The number of aromatic nitrogens is 4. The normalized spacial score (nSPS) is 21.2. The summed E-state index contributed by atoms with van der Waals surface area (Å²) in [6.07, 6.45) is -0.834. The van der Waals surface area contributed by atoms with Gasteiger partial charge in [-0.05, 0) is 29.0 Å². The van der Waals surface area contributed by atoms with E-state index in [1.54, 1.807) is 0 Å². The molecule has 0 bridgehead atoms. The van der Waals surface area contributed by atoms with Crippen LogP contribution in [-0.4, -0.2) is 88.7 Å². The van der Waals surface area contributed by atoms with Crippen molar-refractivity contribution in [2.24, 2.45) is 5.92 Å². The van der Waals surface area contributed by atoms with Crippen LogP contribution in [0.3, 0.4) is 0 Å². The van der Waals surface area contributed by atoms with Crippen LogP contribution in [0.25, 0.3) is 0 Å². The van der Waals surface area contributed by atoms with Gasteiger partial charge in [-0.3, -0.25) is 14.4 Å². The van der Waals surface area contributed by atoms with E-state index in [2.05, 4.69) is 20.8 Å². The molecule has 1 aliphatic heterocycles. The molecule has 14 heteroatoms. The number of rotatable bonds is 11. The van der Waals surface area contributed by atoms with Crippen LogP contribution in [0.5, 0.6) is 0 Å². The van der Waals surface area contributed by atoms with Gasteiger partial charge in [0.1, 0.15) is 12.9 Å². The third-order valence-corrected chi connectivity index (χ3v) is 4.89. The molecule has 35 heavy (non-hydrogen) atoms. The largest absolute Gasteiger partial charge is 0.477 e. The standard InChI is InChI=1S/C21H31N5O9/c1-11(2)8-22-18-15(26-10-23-24-25-26)7-16(21(30)31-6)35-20(18)19(34-14(5)29)17(33-13(4)28)9-32-12(3)27/h7,10-11,15,17-20,22H,8-9H2,1-6H3/t15-,17+,18+,19+,20+/m0/s1. The second-order valence-corrected chi connectivity index (χ2v) is 8.24. The zero-order valence-electron chi connectivity index (χ0n) is 20.5. The SMILES string of the molecule is COC(=O)C1=C[C@H](n2cnnn2)[C@@H](NCC(C)C)[C@H]([C@H](OC(C)=O)[C@@H](COC(C)=O)OC(C)=O)O1. The number of carbonyl (C=O) groups is 4. The fraction of sp³-hybridized carbons (Fsp3) is 0.667. The van der Waals surface area contributed by atoms with Crippen molar-refractivity contribution in [2.45, 2.75) is 65.0 Å². The van der Waals surface area contributed by atoms with E-state index in [4.69, 9.17) is 23.7 Å². The maximum Gasteiger partial charge on any atom is 0.373 e. The highest BCUT2D eigenvalue weighted by Gasteiger charge is 2.48. The Hall–Kier alpha value is -3.55. The molecule has 0 radical (unpaired) electrons. The zero-order chi connectivity index (χ0) is 26.1.